The van der Waals surface area contributed by atoms with Gasteiger partial charge in [-0.3, -0.25) is 9.59 Å². The lowest BCUT2D eigenvalue weighted by molar-refractivity contribution is -0.116. The third kappa shape index (κ3) is 6.61. The standard InChI is InChI=1S/C25H25ClN2O2S/c1-3-8-23(29)27-20-11-7-12-21(16-20)31-24(18-9-5-4-6-10-18)25(30)28-22-15-19(26)14-13-17(22)2/h4-7,9-16,24H,3,8H2,1-2H3,(H,27,29)(H,28,30). The van der Waals surface area contributed by atoms with Gasteiger partial charge in [0, 0.05) is 27.7 Å². The summed E-state index contributed by atoms with van der Waals surface area (Å²) in [5.74, 6) is -0.152. The molecule has 1 atom stereocenters. The maximum atomic E-state index is 13.3. The number of nitrogens with one attached hydrogen (secondary N) is 2. The lowest BCUT2D eigenvalue weighted by Gasteiger charge is -2.18. The number of halogens is 1. The summed E-state index contributed by atoms with van der Waals surface area (Å²) in [6.07, 6.45) is 1.27. The van der Waals surface area contributed by atoms with Gasteiger partial charge in [0.15, 0.2) is 0 Å². The Morgan fingerprint density at radius 2 is 1.74 bits per heavy atom. The Morgan fingerprint density at radius 1 is 0.968 bits per heavy atom. The van der Waals surface area contributed by atoms with Gasteiger partial charge in [0.1, 0.15) is 5.25 Å². The summed E-state index contributed by atoms with van der Waals surface area (Å²) in [6, 6.07) is 22.6. The first-order valence-corrected chi connectivity index (χ1v) is 11.4. The molecular weight excluding hydrogens is 428 g/mol. The molecule has 0 radical (unpaired) electrons. The van der Waals surface area contributed by atoms with E-state index in [1.807, 2.05) is 74.5 Å². The van der Waals surface area contributed by atoms with Crippen molar-refractivity contribution in [1.29, 1.82) is 0 Å². The second-order valence-electron chi connectivity index (χ2n) is 7.18. The molecule has 3 aromatic rings. The van der Waals surface area contributed by atoms with Gasteiger partial charge in [0.25, 0.3) is 0 Å². The highest BCUT2D eigenvalue weighted by molar-refractivity contribution is 8.00. The minimum absolute atomic E-state index is 0.0153. The maximum absolute atomic E-state index is 13.3. The van der Waals surface area contributed by atoms with Crippen LogP contribution in [0, 0.1) is 6.92 Å². The molecule has 0 heterocycles. The molecule has 0 aliphatic rings. The second kappa shape index (κ2) is 11.0. The number of hydrogen-bond donors (Lipinski definition) is 2. The molecule has 0 aliphatic heterocycles. The van der Waals surface area contributed by atoms with Crippen LogP contribution in [0.4, 0.5) is 11.4 Å². The highest BCUT2D eigenvalue weighted by Crippen LogP contribution is 2.37. The van der Waals surface area contributed by atoms with E-state index in [2.05, 4.69) is 10.6 Å². The molecule has 6 heteroatoms. The Labute approximate surface area is 192 Å². The summed E-state index contributed by atoms with van der Waals surface area (Å²) < 4.78 is 0. The van der Waals surface area contributed by atoms with Crippen LogP contribution in [0.3, 0.4) is 0 Å². The molecule has 31 heavy (non-hydrogen) atoms. The van der Waals surface area contributed by atoms with Crippen LogP contribution in [-0.4, -0.2) is 11.8 Å². The monoisotopic (exact) mass is 452 g/mol. The summed E-state index contributed by atoms with van der Waals surface area (Å²) in [7, 11) is 0. The molecule has 0 aliphatic carbocycles. The normalized spacial score (nSPS) is 11.6. The van der Waals surface area contributed by atoms with E-state index < -0.39 is 5.25 Å². The number of benzene rings is 3. The van der Waals surface area contributed by atoms with Gasteiger partial charge in [-0.05, 0) is 54.8 Å². The summed E-state index contributed by atoms with van der Waals surface area (Å²) >= 11 is 7.55. The number of amides is 2. The van der Waals surface area contributed by atoms with E-state index in [9.17, 15) is 9.59 Å². The van der Waals surface area contributed by atoms with E-state index >= 15 is 0 Å². The van der Waals surface area contributed by atoms with Gasteiger partial charge in [0.2, 0.25) is 11.8 Å². The van der Waals surface area contributed by atoms with Crippen molar-refractivity contribution in [3.05, 3.63) is 88.9 Å². The van der Waals surface area contributed by atoms with Crippen molar-refractivity contribution in [3.8, 4) is 0 Å². The predicted octanol–water partition coefficient (Wildman–Crippen LogP) is 6.86. The van der Waals surface area contributed by atoms with Crippen molar-refractivity contribution in [2.24, 2.45) is 0 Å². The summed E-state index contributed by atoms with van der Waals surface area (Å²) in [5, 5.41) is 6.03. The van der Waals surface area contributed by atoms with Crippen molar-refractivity contribution >= 4 is 46.6 Å². The van der Waals surface area contributed by atoms with Crippen LogP contribution in [0.5, 0.6) is 0 Å². The van der Waals surface area contributed by atoms with E-state index in [0.29, 0.717) is 17.1 Å². The Kier molecular flexibility index (Phi) is 8.15. The zero-order valence-electron chi connectivity index (χ0n) is 17.5. The van der Waals surface area contributed by atoms with Crippen molar-refractivity contribution < 1.29 is 9.59 Å². The van der Waals surface area contributed by atoms with E-state index in [1.54, 1.807) is 12.1 Å². The number of anilines is 2. The van der Waals surface area contributed by atoms with Crippen molar-refractivity contribution in [2.75, 3.05) is 10.6 Å². The lowest BCUT2D eigenvalue weighted by Crippen LogP contribution is -2.19. The van der Waals surface area contributed by atoms with Crippen molar-refractivity contribution in [2.45, 2.75) is 36.8 Å². The molecule has 0 saturated carbocycles. The molecule has 4 nitrogen and oxygen atoms in total. The van der Waals surface area contributed by atoms with Crippen molar-refractivity contribution in [3.63, 3.8) is 0 Å². The molecule has 160 valence electrons. The van der Waals surface area contributed by atoms with Crippen LogP contribution in [0.15, 0.2) is 77.7 Å². The Morgan fingerprint density at radius 3 is 2.48 bits per heavy atom. The summed E-state index contributed by atoms with van der Waals surface area (Å²) in [5.41, 5.74) is 3.25. The highest BCUT2D eigenvalue weighted by Gasteiger charge is 2.23. The van der Waals surface area contributed by atoms with Gasteiger partial charge >= 0.3 is 0 Å². The molecule has 0 saturated heterocycles. The molecule has 2 N–H and O–H groups in total. The smallest absolute Gasteiger partial charge is 0.242 e. The first-order chi connectivity index (χ1) is 15.0. The zero-order valence-corrected chi connectivity index (χ0v) is 19.1. The number of rotatable bonds is 8. The Balaban J connectivity index is 1.84. The minimum atomic E-state index is -0.471. The van der Waals surface area contributed by atoms with Crippen LogP contribution in [0.25, 0.3) is 0 Å². The van der Waals surface area contributed by atoms with Crippen LogP contribution in [0.2, 0.25) is 5.02 Å². The van der Waals surface area contributed by atoms with Gasteiger partial charge in [-0.25, -0.2) is 0 Å². The van der Waals surface area contributed by atoms with Crippen molar-refractivity contribution in [1.82, 2.24) is 0 Å². The third-order valence-corrected chi connectivity index (χ3v) is 6.13. The van der Waals surface area contributed by atoms with Crippen LogP contribution in [-0.2, 0) is 9.59 Å². The van der Waals surface area contributed by atoms with E-state index in [4.69, 9.17) is 11.6 Å². The first-order valence-electron chi connectivity index (χ1n) is 10.1. The first kappa shape index (κ1) is 22.9. The number of aryl methyl sites for hydroxylation is 1. The number of carbonyl (C=O) groups is 2. The quantitative estimate of drug-likeness (QED) is 0.367. The number of hydrogen-bond acceptors (Lipinski definition) is 3. The van der Waals surface area contributed by atoms with Gasteiger partial charge in [-0.2, -0.15) is 0 Å². The zero-order chi connectivity index (χ0) is 22.2. The molecule has 3 aromatic carbocycles. The average Bonchev–Trinajstić information content (AvgIpc) is 2.75. The molecule has 1 unspecified atom stereocenters. The molecule has 0 aromatic heterocycles. The molecule has 0 fully saturated rings. The average molecular weight is 453 g/mol. The summed E-state index contributed by atoms with van der Waals surface area (Å²) in [6.45, 7) is 3.90. The number of carbonyl (C=O) groups excluding carboxylic acids is 2. The molecule has 0 bridgehead atoms. The predicted molar refractivity (Wildman–Crippen MR) is 130 cm³/mol. The topological polar surface area (TPSA) is 58.2 Å². The fourth-order valence-electron chi connectivity index (χ4n) is 3.06. The highest BCUT2D eigenvalue weighted by atomic mass is 35.5. The SMILES string of the molecule is CCCC(=O)Nc1cccc(SC(C(=O)Nc2cc(Cl)ccc2C)c2ccccc2)c1. The van der Waals surface area contributed by atoms with Gasteiger partial charge < -0.3 is 10.6 Å². The lowest BCUT2D eigenvalue weighted by atomic mass is 10.1. The molecule has 2 amide bonds. The van der Waals surface area contributed by atoms with Crippen LogP contribution < -0.4 is 10.6 Å². The molecule has 3 rings (SSSR count). The summed E-state index contributed by atoms with van der Waals surface area (Å²) in [4.78, 5) is 26.1. The van der Waals surface area contributed by atoms with Crippen LogP contribution in [0.1, 0.15) is 36.1 Å². The van der Waals surface area contributed by atoms with Gasteiger partial charge in [-0.1, -0.05) is 61.0 Å². The second-order valence-corrected chi connectivity index (χ2v) is 8.80. The van der Waals surface area contributed by atoms with Gasteiger partial charge in [-0.15, -0.1) is 11.8 Å². The van der Waals surface area contributed by atoms with E-state index in [0.717, 1.165) is 28.1 Å². The fourth-order valence-corrected chi connectivity index (χ4v) is 4.32. The van der Waals surface area contributed by atoms with E-state index in [-0.39, 0.29) is 11.8 Å². The minimum Gasteiger partial charge on any atom is -0.326 e. The Hall–Kier alpha value is -2.76. The number of thioether (sulfide) groups is 1. The molecular formula is C25H25ClN2O2S. The largest absolute Gasteiger partial charge is 0.326 e. The third-order valence-electron chi connectivity index (χ3n) is 4.65. The Bertz CT molecular complexity index is 1060. The van der Waals surface area contributed by atoms with Crippen LogP contribution >= 0.6 is 23.4 Å². The molecule has 0 spiro atoms. The maximum Gasteiger partial charge on any atom is 0.242 e. The van der Waals surface area contributed by atoms with Gasteiger partial charge in [0.05, 0.1) is 0 Å². The van der Waals surface area contributed by atoms with E-state index in [1.165, 1.54) is 11.8 Å². The fraction of sp³-hybridized carbons (Fsp3) is 0.200.